The number of rotatable bonds is 2. The number of aromatic amines is 1. The van der Waals surface area contributed by atoms with Crippen molar-refractivity contribution in [2.24, 2.45) is 5.41 Å². The zero-order chi connectivity index (χ0) is 18.9. The molecule has 1 aromatic heterocycles. The van der Waals surface area contributed by atoms with Crippen LogP contribution in [0.5, 0.6) is 0 Å². The molecule has 3 amide bonds. The first-order chi connectivity index (χ1) is 12.2. The number of hydrogen-bond acceptors (Lipinski definition) is 3. The van der Waals surface area contributed by atoms with E-state index in [1.165, 1.54) is 0 Å². The molecule has 0 saturated carbocycles. The monoisotopic (exact) mass is 357 g/mol. The second-order valence-electron chi connectivity index (χ2n) is 8.05. The Morgan fingerprint density at radius 1 is 1.15 bits per heavy atom. The number of amides is 3. The minimum Gasteiger partial charge on any atom is -0.342 e. The van der Waals surface area contributed by atoms with Gasteiger partial charge in [-0.2, -0.15) is 0 Å². The summed E-state index contributed by atoms with van der Waals surface area (Å²) in [5.41, 5.74) is 2.43. The summed E-state index contributed by atoms with van der Waals surface area (Å²) in [6, 6.07) is 5.47. The van der Waals surface area contributed by atoms with Crippen LogP contribution in [-0.2, 0) is 0 Å². The highest BCUT2D eigenvalue weighted by molar-refractivity contribution is 5.97. The van der Waals surface area contributed by atoms with Gasteiger partial charge in [0.2, 0.25) is 0 Å². The Bertz CT molecular complexity index is 813. The van der Waals surface area contributed by atoms with Gasteiger partial charge in [0, 0.05) is 38.3 Å². The second kappa shape index (κ2) is 6.97. The van der Waals surface area contributed by atoms with E-state index in [0.717, 1.165) is 16.9 Å². The van der Waals surface area contributed by atoms with E-state index in [-0.39, 0.29) is 17.4 Å². The van der Waals surface area contributed by atoms with Gasteiger partial charge in [0.25, 0.3) is 5.91 Å². The van der Waals surface area contributed by atoms with Crippen LogP contribution in [0.15, 0.2) is 18.2 Å². The van der Waals surface area contributed by atoms with Crippen LogP contribution in [0.1, 0.15) is 37.0 Å². The van der Waals surface area contributed by atoms with Crippen LogP contribution in [0, 0.1) is 12.3 Å². The lowest BCUT2D eigenvalue weighted by molar-refractivity contribution is 0.0664. The number of H-pyrrole nitrogens is 1. The molecule has 1 aliphatic rings. The van der Waals surface area contributed by atoms with Crippen LogP contribution in [0.4, 0.5) is 4.79 Å². The van der Waals surface area contributed by atoms with E-state index in [0.29, 0.717) is 38.3 Å². The molecule has 1 aromatic carbocycles. The highest BCUT2D eigenvalue weighted by atomic mass is 16.2. The van der Waals surface area contributed by atoms with Crippen LogP contribution >= 0.6 is 0 Å². The Labute approximate surface area is 153 Å². The van der Waals surface area contributed by atoms with Crippen molar-refractivity contribution >= 4 is 23.0 Å². The van der Waals surface area contributed by atoms with Crippen molar-refractivity contribution in [1.29, 1.82) is 0 Å². The number of nitrogens with one attached hydrogen (secondary N) is 2. The van der Waals surface area contributed by atoms with Crippen molar-refractivity contribution in [1.82, 2.24) is 25.1 Å². The number of aryl methyl sites for hydroxylation is 1. The van der Waals surface area contributed by atoms with Gasteiger partial charge in [-0.3, -0.25) is 4.79 Å². The molecular formula is C19H27N5O2. The number of nitrogens with zero attached hydrogens (tertiary/aromatic N) is 3. The van der Waals surface area contributed by atoms with Crippen LogP contribution < -0.4 is 5.32 Å². The fourth-order valence-electron chi connectivity index (χ4n) is 3.02. The fourth-order valence-corrected chi connectivity index (χ4v) is 3.02. The van der Waals surface area contributed by atoms with E-state index >= 15 is 0 Å². The first-order valence-electron chi connectivity index (χ1n) is 9.01. The van der Waals surface area contributed by atoms with E-state index < -0.39 is 0 Å². The first-order valence-corrected chi connectivity index (χ1v) is 9.01. The third-order valence-electron chi connectivity index (χ3n) is 4.47. The van der Waals surface area contributed by atoms with Gasteiger partial charge in [0.05, 0.1) is 11.0 Å². The number of piperazine rings is 1. The van der Waals surface area contributed by atoms with Gasteiger partial charge in [-0.05, 0) is 30.5 Å². The van der Waals surface area contributed by atoms with E-state index in [1.807, 2.05) is 25.1 Å². The molecule has 1 aliphatic heterocycles. The van der Waals surface area contributed by atoms with Gasteiger partial charge < -0.3 is 20.1 Å². The highest BCUT2D eigenvalue weighted by Crippen LogP contribution is 2.16. The number of imidazole rings is 1. The molecule has 2 aromatic rings. The summed E-state index contributed by atoms with van der Waals surface area (Å²) < 4.78 is 0. The Kier molecular flexibility index (Phi) is 4.89. The van der Waals surface area contributed by atoms with E-state index in [4.69, 9.17) is 0 Å². The molecule has 1 fully saturated rings. The minimum atomic E-state index is -0.0543. The number of benzene rings is 1. The van der Waals surface area contributed by atoms with Crippen LogP contribution in [0.25, 0.3) is 11.0 Å². The molecule has 0 unspecified atom stereocenters. The summed E-state index contributed by atoms with van der Waals surface area (Å²) in [4.78, 5) is 36.1. The van der Waals surface area contributed by atoms with Gasteiger partial charge in [-0.25, -0.2) is 9.78 Å². The topological polar surface area (TPSA) is 81.3 Å². The summed E-state index contributed by atoms with van der Waals surface area (Å²) in [7, 11) is 0. The van der Waals surface area contributed by atoms with Crippen molar-refractivity contribution in [2.75, 3.05) is 32.7 Å². The molecule has 26 heavy (non-hydrogen) atoms. The number of urea groups is 1. The summed E-state index contributed by atoms with van der Waals surface area (Å²) in [5, 5.41) is 2.96. The van der Waals surface area contributed by atoms with E-state index in [1.54, 1.807) is 9.80 Å². The first kappa shape index (κ1) is 18.2. The number of hydrogen-bond donors (Lipinski definition) is 2. The normalized spacial score (nSPS) is 15.4. The molecule has 1 saturated heterocycles. The third kappa shape index (κ3) is 4.15. The molecule has 140 valence electrons. The lowest BCUT2D eigenvalue weighted by Gasteiger charge is -2.35. The molecule has 0 spiro atoms. The van der Waals surface area contributed by atoms with E-state index in [2.05, 4.69) is 36.1 Å². The Morgan fingerprint density at radius 2 is 1.81 bits per heavy atom. The van der Waals surface area contributed by atoms with Crippen molar-refractivity contribution in [3.05, 3.63) is 29.6 Å². The van der Waals surface area contributed by atoms with Gasteiger partial charge in [-0.15, -0.1) is 0 Å². The molecule has 0 atom stereocenters. The standard InChI is InChI=1S/C19H27N5O2/c1-13-21-15-6-5-14(11-16(15)22-13)17(25)23-7-9-24(10-8-23)18(26)20-12-19(2,3)4/h5-6,11H,7-10,12H2,1-4H3,(H,20,26)(H,21,22). The van der Waals surface area contributed by atoms with Gasteiger partial charge in [0.15, 0.2) is 0 Å². The predicted octanol–water partition coefficient (Wildman–Crippen LogP) is 2.38. The molecule has 0 radical (unpaired) electrons. The van der Waals surface area contributed by atoms with E-state index in [9.17, 15) is 9.59 Å². The van der Waals surface area contributed by atoms with Gasteiger partial charge >= 0.3 is 6.03 Å². The lowest BCUT2D eigenvalue weighted by Crippen LogP contribution is -2.53. The Morgan fingerprint density at radius 3 is 2.46 bits per heavy atom. The van der Waals surface area contributed by atoms with Crippen molar-refractivity contribution in [2.45, 2.75) is 27.7 Å². The summed E-state index contributed by atoms with van der Waals surface area (Å²) in [5.74, 6) is 0.827. The van der Waals surface area contributed by atoms with Gasteiger partial charge in [-0.1, -0.05) is 20.8 Å². The third-order valence-corrected chi connectivity index (χ3v) is 4.47. The van der Waals surface area contributed by atoms with Crippen LogP contribution in [0.2, 0.25) is 0 Å². The molecule has 7 nitrogen and oxygen atoms in total. The fraction of sp³-hybridized carbons (Fsp3) is 0.526. The smallest absolute Gasteiger partial charge is 0.317 e. The molecule has 7 heteroatoms. The average molecular weight is 357 g/mol. The Hall–Kier alpha value is -2.57. The highest BCUT2D eigenvalue weighted by Gasteiger charge is 2.25. The molecule has 0 aliphatic carbocycles. The maximum Gasteiger partial charge on any atom is 0.317 e. The minimum absolute atomic E-state index is 0.00565. The maximum absolute atomic E-state index is 12.8. The van der Waals surface area contributed by atoms with Crippen molar-refractivity contribution < 1.29 is 9.59 Å². The lowest BCUT2D eigenvalue weighted by atomic mass is 9.97. The van der Waals surface area contributed by atoms with Crippen molar-refractivity contribution in [3.63, 3.8) is 0 Å². The largest absolute Gasteiger partial charge is 0.342 e. The number of carbonyl (C=O) groups excluding carboxylic acids is 2. The number of carbonyl (C=O) groups is 2. The summed E-state index contributed by atoms with van der Waals surface area (Å²) in [6.45, 7) is 11.0. The van der Waals surface area contributed by atoms with Crippen molar-refractivity contribution in [3.8, 4) is 0 Å². The number of aromatic nitrogens is 2. The second-order valence-corrected chi connectivity index (χ2v) is 8.05. The number of fused-ring (bicyclic) bond motifs is 1. The molecule has 3 rings (SSSR count). The summed E-state index contributed by atoms with van der Waals surface area (Å²) >= 11 is 0. The summed E-state index contributed by atoms with van der Waals surface area (Å²) in [6.07, 6.45) is 0. The Balaban J connectivity index is 1.58. The zero-order valence-electron chi connectivity index (χ0n) is 15.9. The molecular weight excluding hydrogens is 330 g/mol. The van der Waals surface area contributed by atoms with Crippen LogP contribution in [-0.4, -0.2) is 64.4 Å². The predicted molar refractivity (Wildman–Crippen MR) is 101 cm³/mol. The van der Waals surface area contributed by atoms with Gasteiger partial charge in [0.1, 0.15) is 5.82 Å². The molecule has 2 heterocycles. The molecule has 0 bridgehead atoms. The molecule has 2 N–H and O–H groups in total. The van der Waals surface area contributed by atoms with Crippen LogP contribution in [0.3, 0.4) is 0 Å². The quantitative estimate of drug-likeness (QED) is 0.866. The maximum atomic E-state index is 12.8. The SMILES string of the molecule is Cc1nc2ccc(C(=O)N3CCN(C(=O)NCC(C)(C)C)CC3)cc2[nH]1. The zero-order valence-corrected chi connectivity index (χ0v) is 15.9. The average Bonchev–Trinajstić information content (AvgIpc) is 2.97.